The smallest absolute Gasteiger partial charge is 0.321 e. The molecule has 0 radical (unpaired) electrons. The molecule has 1 heterocycles. The minimum Gasteiger partial charge on any atom is -0.496 e. The van der Waals surface area contributed by atoms with Crippen LogP contribution in [0.4, 0.5) is 10.5 Å². The second-order valence-electron chi connectivity index (χ2n) is 9.22. The molecule has 7 heteroatoms. The van der Waals surface area contributed by atoms with E-state index >= 15 is 0 Å². The van der Waals surface area contributed by atoms with Gasteiger partial charge in [0, 0.05) is 63.5 Å². The van der Waals surface area contributed by atoms with E-state index in [0.717, 1.165) is 55.0 Å². The van der Waals surface area contributed by atoms with E-state index in [4.69, 9.17) is 4.74 Å². The van der Waals surface area contributed by atoms with Gasteiger partial charge < -0.3 is 19.9 Å². The highest BCUT2D eigenvalue weighted by Gasteiger charge is 2.22. The molecule has 0 spiro atoms. The lowest BCUT2D eigenvalue weighted by atomic mass is 10.2. The lowest BCUT2D eigenvalue weighted by Crippen LogP contribution is -2.51. The summed E-state index contributed by atoms with van der Waals surface area (Å²) in [5, 5.41) is 3.00. The molecule has 36 heavy (non-hydrogen) atoms. The van der Waals surface area contributed by atoms with Crippen LogP contribution >= 0.6 is 0 Å². The van der Waals surface area contributed by atoms with Crippen molar-refractivity contribution in [3.63, 3.8) is 0 Å². The zero-order valence-corrected chi connectivity index (χ0v) is 21.9. The van der Waals surface area contributed by atoms with E-state index in [2.05, 4.69) is 17.1 Å². The third-order valence-corrected chi connectivity index (χ3v) is 6.47. The van der Waals surface area contributed by atoms with Crippen LogP contribution in [-0.4, -0.2) is 79.6 Å². The van der Waals surface area contributed by atoms with Gasteiger partial charge in [-0.25, -0.2) is 4.79 Å². The van der Waals surface area contributed by atoms with Crippen molar-refractivity contribution in [2.45, 2.75) is 33.1 Å². The van der Waals surface area contributed by atoms with E-state index in [0.29, 0.717) is 32.6 Å². The number of ether oxygens (including phenoxy) is 1. The summed E-state index contributed by atoms with van der Waals surface area (Å²) in [6.07, 6.45) is 6.54. The van der Waals surface area contributed by atoms with Gasteiger partial charge in [-0.05, 0) is 37.1 Å². The first-order chi connectivity index (χ1) is 17.5. The van der Waals surface area contributed by atoms with Crippen LogP contribution in [0.25, 0.3) is 6.08 Å². The van der Waals surface area contributed by atoms with Gasteiger partial charge in [0.15, 0.2) is 0 Å². The molecule has 0 aliphatic carbocycles. The van der Waals surface area contributed by atoms with Crippen molar-refractivity contribution in [1.82, 2.24) is 14.7 Å². The summed E-state index contributed by atoms with van der Waals surface area (Å²) in [5.74, 6) is 1.01. The maximum absolute atomic E-state index is 12.9. The van der Waals surface area contributed by atoms with Crippen LogP contribution in [0.5, 0.6) is 5.75 Å². The van der Waals surface area contributed by atoms with Crippen molar-refractivity contribution in [3.8, 4) is 5.75 Å². The van der Waals surface area contributed by atoms with Crippen molar-refractivity contribution < 1.29 is 14.3 Å². The van der Waals surface area contributed by atoms with Gasteiger partial charge in [-0.1, -0.05) is 55.8 Å². The Morgan fingerprint density at radius 3 is 2.58 bits per heavy atom. The van der Waals surface area contributed by atoms with E-state index in [1.807, 2.05) is 77.4 Å². The van der Waals surface area contributed by atoms with Crippen LogP contribution in [0.3, 0.4) is 0 Å². The average Bonchev–Trinajstić information content (AvgIpc) is 2.89. The number of urea groups is 1. The Morgan fingerprint density at radius 2 is 1.86 bits per heavy atom. The highest BCUT2D eigenvalue weighted by Crippen LogP contribution is 2.18. The fourth-order valence-electron chi connectivity index (χ4n) is 4.28. The summed E-state index contributed by atoms with van der Waals surface area (Å²) in [5.41, 5.74) is 2.94. The fraction of sp³-hybridized carbons (Fsp3) is 0.448. The Morgan fingerprint density at radius 1 is 1.08 bits per heavy atom. The molecule has 0 bridgehead atoms. The molecule has 3 amide bonds. The molecule has 1 aliphatic heterocycles. The Labute approximate surface area is 215 Å². The Hall–Kier alpha value is -3.32. The number of methoxy groups -OCH3 is 1. The summed E-state index contributed by atoms with van der Waals surface area (Å²) in [7, 11) is 1.67. The Balaban J connectivity index is 1.49. The van der Waals surface area contributed by atoms with Crippen molar-refractivity contribution in [1.29, 1.82) is 0 Å². The summed E-state index contributed by atoms with van der Waals surface area (Å²) in [6, 6.07) is 15.7. The van der Waals surface area contributed by atoms with Crippen LogP contribution in [0, 0.1) is 6.92 Å². The van der Waals surface area contributed by atoms with E-state index in [1.54, 1.807) is 7.11 Å². The second kappa shape index (κ2) is 14.3. The molecular weight excluding hydrogens is 452 g/mol. The lowest BCUT2D eigenvalue weighted by molar-refractivity contribution is -0.131. The van der Waals surface area contributed by atoms with Gasteiger partial charge in [0.1, 0.15) is 5.75 Å². The number of hydrogen-bond donors (Lipinski definition) is 1. The number of piperazine rings is 1. The molecule has 7 nitrogen and oxygen atoms in total. The van der Waals surface area contributed by atoms with Gasteiger partial charge >= 0.3 is 6.03 Å². The van der Waals surface area contributed by atoms with Crippen LogP contribution in [0.15, 0.2) is 54.6 Å². The van der Waals surface area contributed by atoms with E-state index in [1.165, 1.54) is 0 Å². The zero-order chi connectivity index (χ0) is 25.8. The van der Waals surface area contributed by atoms with Gasteiger partial charge in [-0.3, -0.25) is 9.69 Å². The van der Waals surface area contributed by atoms with Crippen molar-refractivity contribution in [2.24, 2.45) is 0 Å². The highest BCUT2D eigenvalue weighted by molar-refractivity contribution is 5.89. The maximum atomic E-state index is 12.9. The number of hydrogen-bond acceptors (Lipinski definition) is 4. The number of nitrogens with one attached hydrogen (secondary N) is 1. The van der Waals surface area contributed by atoms with Crippen molar-refractivity contribution >= 4 is 23.7 Å². The average molecular weight is 493 g/mol. The summed E-state index contributed by atoms with van der Waals surface area (Å²) < 4.78 is 5.42. The van der Waals surface area contributed by atoms with Gasteiger partial charge in [0.25, 0.3) is 0 Å². The van der Waals surface area contributed by atoms with Crippen LogP contribution in [0.1, 0.15) is 37.3 Å². The third-order valence-electron chi connectivity index (χ3n) is 6.47. The minimum absolute atomic E-state index is 0.0573. The largest absolute Gasteiger partial charge is 0.496 e. The Kier molecular flexibility index (Phi) is 10.8. The van der Waals surface area contributed by atoms with Crippen LogP contribution in [-0.2, 0) is 4.79 Å². The van der Waals surface area contributed by atoms with Crippen LogP contribution in [0.2, 0.25) is 0 Å². The number of rotatable bonds is 11. The normalized spacial score (nSPS) is 14.1. The number of unbranched alkanes of at least 4 members (excludes halogenated alkanes) is 1. The molecule has 2 aromatic carbocycles. The molecule has 0 aromatic heterocycles. The SMILES string of the molecule is CCCCC(=O)N(C/C=C/c1ccccc1OC)CCN1CCN(C(=O)Nc2cccc(C)c2)CC1. The first-order valence-corrected chi connectivity index (χ1v) is 12.9. The minimum atomic E-state index is -0.0573. The molecule has 0 atom stereocenters. The predicted molar refractivity (Wildman–Crippen MR) is 146 cm³/mol. The molecule has 1 N–H and O–H groups in total. The third kappa shape index (κ3) is 8.41. The summed E-state index contributed by atoms with van der Waals surface area (Å²) in [6.45, 7) is 9.11. The molecule has 0 unspecified atom stereocenters. The fourth-order valence-corrected chi connectivity index (χ4v) is 4.28. The topological polar surface area (TPSA) is 65.1 Å². The molecular formula is C29H40N4O3. The number of carbonyl (C=O) groups excluding carboxylic acids is 2. The quantitative estimate of drug-likeness (QED) is 0.485. The van der Waals surface area contributed by atoms with Gasteiger partial charge in [-0.2, -0.15) is 0 Å². The van der Waals surface area contributed by atoms with Crippen LogP contribution < -0.4 is 10.1 Å². The van der Waals surface area contributed by atoms with Crippen molar-refractivity contribution in [3.05, 3.63) is 65.7 Å². The number of carbonyl (C=O) groups is 2. The number of aryl methyl sites for hydroxylation is 1. The first-order valence-electron chi connectivity index (χ1n) is 12.9. The maximum Gasteiger partial charge on any atom is 0.321 e. The molecule has 1 saturated heterocycles. The van der Waals surface area contributed by atoms with E-state index < -0.39 is 0 Å². The van der Waals surface area contributed by atoms with Gasteiger partial charge in [0.2, 0.25) is 5.91 Å². The lowest BCUT2D eigenvalue weighted by Gasteiger charge is -2.35. The van der Waals surface area contributed by atoms with Gasteiger partial charge in [0.05, 0.1) is 7.11 Å². The molecule has 3 rings (SSSR count). The number of para-hydroxylation sites is 1. The number of amides is 3. The number of anilines is 1. The molecule has 0 saturated carbocycles. The highest BCUT2D eigenvalue weighted by atomic mass is 16.5. The van der Waals surface area contributed by atoms with Gasteiger partial charge in [-0.15, -0.1) is 0 Å². The second-order valence-corrected chi connectivity index (χ2v) is 9.22. The standard InChI is InChI=1S/C29H40N4O3/c1-4-5-15-28(34)32(16-9-12-25-11-6-7-14-27(25)36-3)20-17-31-18-21-33(22-19-31)29(35)30-26-13-8-10-24(2)23-26/h6-14,23H,4-5,15-22H2,1-3H3,(H,30,35)/b12-9+. The molecule has 194 valence electrons. The summed E-state index contributed by atoms with van der Waals surface area (Å²) >= 11 is 0. The summed E-state index contributed by atoms with van der Waals surface area (Å²) in [4.78, 5) is 31.7. The monoisotopic (exact) mass is 492 g/mol. The predicted octanol–water partition coefficient (Wildman–Crippen LogP) is 4.89. The molecule has 1 aliphatic rings. The van der Waals surface area contributed by atoms with E-state index in [-0.39, 0.29) is 11.9 Å². The first kappa shape index (κ1) is 27.3. The molecule has 2 aromatic rings. The van der Waals surface area contributed by atoms with E-state index in [9.17, 15) is 9.59 Å². The molecule has 1 fully saturated rings. The zero-order valence-electron chi connectivity index (χ0n) is 21.9. The number of nitrogens with zero attached hydrogens (tertiary/aromatic N) is 3. The number of benzene rings is 2. The Bertz CT molecular complexity index is 1020. The van der Waals surface area contributed by atoms with Crippen molar-refractivity contribution in [2.75, 3.05) is 58.2 Å².